The first-order valence-corrected chi connectivity index (χ1v) is 10.3. The molecule has 0 unspecified atom stereocenters. The summed E-state index contributed by atoms with van der Waals surface area (Å²) in [5, 5.41) is 1.23. The lowest BCUT2D eigenvalue weighted by molar-refractivity contribution is -0.856. The molecular weight excluding hydrogens is 398 g/mol. The first-order chi connectivity index (χ1) is 13.5. The fourth-order valence-corrected chi connectivity index (χ4v) is 4.26. The molecule has 0 fully saturated rings. The van der Waals surface area contributed by atoms with E-state index in [1.165, 1.54) is 16.2 Å². The molecule has 0 aliphatic carbocycles. The predicted octanol–water partition coefficient (Wildman–Crippen LogP) is 2.51. The normalized spacial score (nSPS) is 13.1. The Kier molecular flexibility index (Phi) is 5.39. The van der Waals surface area contributed by atoms with E-state index in [4.69, 9.17) is 21.1 Å². The maximum absolute atomic E-state index is 13.4. The third-order valence-corrected chi connectivity index (χ3v) is 5.81. The Hall–Kier alpha value is -2.35. The van der Waals surface area contributed by atoms with Gasteiger partial charge in [-0.05, 0) is 30.3 Å². The van der Waals surface area contributed by atoms with E-state index in [1.54, 1.807) is 23.1 Å². The van der Waals surface area contributed by atoms with Crippen molar-refractivity contribution in [2.45, 2.75) is 0 Å². The highest BCUT2D eigenvalue weighted by atomic mass is 35.5. The number of para-hydroxylation sites is 1. The van der Waals surface area contributed by atoms with Crippen LogP contribution in [0, 0.1) is 0 Å². The summed E-state index contributed by atoms with van der Waals surface area (Å²) in [4.78, 5) is 21.0. The van der Waals surface area contributed by atoms with Crippen molar-refractivity contribution in [1.82, 2.24) is 4.98 Å². The molecule has 28 heavy (non-hydrogen) atoms. The Labute approximate surface area is 172 Å². The highest BCUT2D eigenvalue weighted by Crippen LogP contribution is 2.35. The Morgan fingerprint density at radius 1 is 1.21 bits per heavy atom. The number of benzene rings is 2. The van der Waals surface area contributed by atoms with Gasteiger partial charge in [0.2, 0.25) is 0 Å². The summed E-state index contributed by atoms with van der Waals surface area (Å²) in [6, 6.07) is 11.0. The summed E-state index contributed by atoms with van der Waals surface area (Å²) in [6.45, 7) is 2.34. The number of halogens is 1. The van der Waals surface area contributed by atoms with E-state index in [0.29, 0.717) is 47.0 Å². The average Bonchev–Trinajstić information content (AvgIpc) is 3.12. The number of rotatable bonds is 5. The average molecular weight is 419 g/mol. The molecule has 4 rings (SSSR count). The van der Waals surface area contributed by atoms with E-state index < -0.39 is 0 Å². The number of amides is 1. The van der Waals surface area contributed by atoms with E-state index in [9.17, 15) is 4.79 Å². The second-order valence-electron chi connectivity index (χ2n) is 6.86. The van der Waals surface area contributed by atoms with Crippen molar-refractivity contribution < 1.29 is 19.2 Å². The number of hydrogen-bond donors (Lipinski definition) is 1. The number of quaternary nitrogens is 1. The minimum absolute atomic E-state index is 0.117. The van der Waals surface area contributed by atoms with Gasteiger partial charge in [0.05, 0.1) is 36.9 Å². The van der Waals surface area contributed by atoms with E-state index >= 15 is 0 Å². The van der Waals surface area contributed by atoms with Crippen LogP contribution in [0.1, 0.15) is 10.4 Å². The molecule has 0 saturated carbocycles. The van der Waals surface area contributed by atoms with Crippen molar-refractivity contribution in [3.63, 3.8) is 0 Å². The summed E-state index contributed by atoms with van der Waals surface area (Å²) in [6.07, 6.45) is 0. The molecule has 1 aliphatic heterocycles. The van der Waals surface area contributed by atoms with Crippen LogP contribution in [0.5, 0.6) is 11.5 Å². The number of likely N-dealkylation sites (N-methyl/N-ethyl adjacent to an activating group) is 1. The predicted molar refractivity (Wildman–Crippen MR) is 111 cm³/mol. The number of nitrogens with one attached hydrogen (secondary N) is 1. The van der Waals surface area contributed by atoms with Gasteiger partial charge < -0.3 is 14.4 Å². The van der Waals surface area contributed by atoms with Gasteiger partial charge in [0.1, 0.15) is 18.7 Å². The monoisotopic (exact) mass is 418 g/mol. The molecule has 0 bridgehead atoms. The third-order valence-electron chi connectivity index (χ3n) is 4.46. The topological polar surface area (TPSA) is 56.1 Å². The number of hydrogen-bond acceptors (Lipinski definition) is 5. The molecule has 8 heteroatoms. The van der Waals surface area contributed by atoms with Crippen LogP contribution >= 0.6 is 22.9 Å². The number of ether oxygens (including phenoxy) is 2. The van der Waals surface area contributed by atoms with Crippen molar-refractivity contribution >= 4 is 44.2 Å². The van der Waals surface area contributed by atoms with Gasteiger partial charge in [0.15, 0.2) is 16.6 Å². The highest BCUT2D eigenvalue weighted by Gasteiger charge is 2.24. The zero-order valence-electron chi connectivity index (χ0n) is 15.7. The smallest absolute Gasteiger partial charge is 0.260 e. The van der Waals surface area contributed by atoms with Gasteiger partial charge in [-0.2, -0.15) is 0 Å². The number of fused-ring (bicyclic) bond motifs is 2. The first-order valence-electron chi connectivity index (χ1n) is 9.08. The molecular formula is C20H21ClN3O3S+. The minimum Gasteiger partial charge on any atom is -0.486 e. The molecule has 0 radical (unpaired) electrons. The molecule has 146 valence electrons. The standard InChI is InChI=1S/C20H20ClN3O3S/c1-23(2)8-9-24(20-22-18-14(21)4-3-5-17(18)28-20)19(25)13-6-7-15-16(12-13)27-11-10-26-15/h3-7,12H,8-11H2,1-2H3/p+1. The van der Waals surface area contributed by atoms with Crippen molar-refractivity contribution in [3.8, 4) is 11.5 Å². The third kappa shape index (κ3) is 3.78. The SMILES string of the molecule is C[NH+](C)CCN(C(=O)c1ccc2c(c1)OCCO2)c1nc2c(Cl)cccc2s1. The molecule has 2 heterocycles. The Bertz CT molecular complexity index is 1020. The van der Waals surface area contributed by atoms with Crippen LogP contribution in [0.15, 0.2) is 36.4 Å². The minimum atomic E-state index is -0.117. The largest absolute Gasteiger partial charge is 0.486 e. The lowest BCUT2D eigenvalue weighted by atomic mass is 10.1. The van der Waals surface area contributed by atoms with Crippen LogP contribution < -0.4 is 19.3 Å². The summed E-state index contributed by atoms with van der Waals surface area (Å²) in [7, 11) is 4.11. The van der Waals surface area contributed by atoms with Crippen molar-refractivity contribution in [2.24, 2.45) is 0 Å². The number of nitrogens with zero attached hydrogens (tertiary/aromatic N) is 2. The molecule has 6 nitrogen and oxygen atoms in total. The number of thiazole rings is 1. The number of anilines is 1. The fraction of sp³-hybridized carbons (Fsp3) is 0.300. The zero-order chi connectivity index (χ0) is 19.7. The summed E-state index contributed by atoms with van der Waals surface area (Å²) < 4.78 is 12.1. The fourth-order valence-electron chi connectivity index (χ4n) is 2.97. The molecule has 1 aromatic heterocycles. The maximum atomic E-state index is 13.4. The summed E-state index contributed by atoms with van der Waals surface area (Å²) in [5.74, 6) is 1.15. The van der Waals surface area contributed by atoms with Crippen LogP contribution in [-0.4, -0.2) is 51.3 Å². The molecule has 1 amide bonds. The van der Waals surface area contributed by atoms with Gasteiger partial charge in [-0.1, -0.05) is 29.0 Å². The van der Waals surface area contributed by atoms with Crippen molar-refractivity contribution in [2.75, 3.05) is 45.3 Å². The lowest BCUT2D eigenvalue weighted by Crippen LogP contribution is -3.06. The first kappa shape index (κ1) is 19.0. The van der Waals surface area contributed by atoms with Crippen LogP contribution in [0.2, 0.25) is 5.02 Å². The zero-order valence-corrected chi connectivity index (χ0v) is 17.3. The number of aromatic nitrogens is 1. The molecule has 0 atom stereocenters. The lowest BCUT2D eigenvalue weighted by Gasteiger charge is -2.22. The van der Waals surface area contributed by atoms with Gasteiger partial charge >= 0.3 is 0 Å². The number of carbonyl (C=O) groups is 1. The Morgan fingerprint density at radius 2 is 2.00 bits per heavy atom. The van der Waals surface area contributed by atoms with Crippen LogP contribution in [0.4, 0.5) is 5.13 Å². The van der Waals surface area contributed by atoms with E-state index in [1.807, 2.05) is 18.2 Å². The summed E-state index contributed by atoms with van der Waals surface area (Å²) in [5.41, 5.74) is 1.27. The molecule has 2 aromatic carbocycles. The van der Waals surface area contributed by atoms with Crippen molar-refractivity contribution in [1.29, 1.82) is 0 Å². The van der Waals surface area contributed by atoms with Gasteiger partial charge in [0.25, 0.3) is 5.91 Å². The van der Waals surface area contributed by atoms with Gasteiger partial charge in [-0.25, -0.2) is 4.98 Å². The van der Waals surface area contributed by atoms with Crippen LogP contribution in [0.3, 0.4) is 0 Å². The summed E-state index contributed by atoms with van der Waals surface area (Å²) >= 11 is 7.75. The van der Waals surface area contributed by atoms with E-state index in [2.05, 4.69) is 19.1 Å². The maximum Gasteiger partial charge on any atom is 0.260 e. The second-order valence-corrected chi connectivity index (χ2v) is 8.27. The Morgan fingerprint density at radius 3 is 2.75 bits per heavy atom. The molecule has 3 aromatic rings. The van der Waals surface area contributed by atoms with Gasteiger partial charge in [-0.3, -0.25) is 9.69 Å². The van der Waals surface area contributed by atoms with Crippen LogP contribution in [0.25, 0.3) is 10.2 Å². The van der Waals surface area contributed by atoms with Gasteiger partial charge in [0, 0.05) is 5.56 Å². The van der Waals surface area contributed by atoms with E-state index in [0.717, 1.165) is 16.8 Å². The molecule has 0 saturated heterocycles. The highest BCUT2D eigenvalue weighted by molar-refractivity contribution is 7.22. The van der Waals surface area contributed by atoms with Gasteiger partial charge in [-0.15, -0.1) is 0 Å². The molecule has 1 aliphatic rings. The molecule has 0 spiro atoms. The number of carbonyl (C=O) groups excluding carboxylic acids is 1. The molecule has 1 N–H and O–H groups in total. The quantitative estimate of drug-likeness (QED) is 0.691. The Balaban J connectivity index is 1.70. The second kappa shape index (κ2) is 7.95. The van der Waals surface area contributed by atoms with E-state index in [-0.39, 0.29) is 5.91 Å². The van der Waals surface area contributed by atoms with Crippen molar-refractivity contribution in [3.05, 3.63) is 47.0 Å². The van der Waals surface area contributed by atoms with Crippen LogP contribution in [-0.2, 0) is 0 Å².